The van der Waals surface area contributed by atoms with E-state index in [0.29, 0.717) is 5.92 Å². The van der Waals surface area contributed by atoms with E-state index in [1.807, 2.05) is 12.1 Å². The Bertz CT molecular complexity index is 483. The first kappa shape index (κ1) is 15.4. The van der Waals surface area contributed by atoms with Gasteiger partial charge in [0.2, 0.25) is 0 Å². The van der Waals surface area contributed by atoms with E-state index in [-0.39, 0.29) is 11.0 Å². The van der Waals surface area contributed by atoms with Crippen molar-refractivity contribution in [2.75, 3.05) is 0 Å². The third-order valence-electron chi connectivity index (χ3n) is 4.53. The van der Waals surface area contributed by atoms with E-state index in [4.69, 9.17) is 4.74 Å². The van der Waals surface area contributed by atoms with Crippen molar-refractivity contribution in [3.05, 3.63) is 29.3 Å². The lowest BCUT2D eigenvalue weighted by molar-refractivity contribution is 0.111. The number of benzene rings is 1. The fourth-order valence-electron chi connectivity index (χ4n) is 2.66. The molecule has 1 aromatic rings. The predicted octanol–water partition coefficient (Wildman–Crippen LogP) is 4.51. The minimum absolute atomic E-state index is 0.120. The molecular weight excluding hydrogens is 248 g/mol. The van der Waals surface area contributed by atoms with E-state index in [9.17, 15) is 5.11 Å². The van der Waals surface area contributed by atoms with E-state index in [1.54, 1.807) is 0 Å². The van der Waals surface area contributed by atoms with Gasteiger partial charge in [-0.15, -0.1) is 0 Å². The zero-order chi connectivity index (χ0) is 15.1. The number of aliphatic hydroxyl groups is 1. The number of hydrogen-bond acceptors (Lipinski definition) is 2. The molecule has 1 aromatic carbocycles. The van der Waals surface area contributed by atoms with Crippen LogP contribution in [0.2, 0.25) is 0 Å². The van der Waals surface area contributed by atoms with Gasteiger partial charge in [-0.3, -0.25) is 0 Å². The lowest BCUT2D eigenvalue weighted by Gasteiger charge is -2.29. The van der Waals surface area contributed by atoms with Gasteiger partial charge < -0.3 is 9.84 Å². The van der Waals surface area contributed by atoms with Crippen molar-refractivity contribution in [1.82, 2.24) is 0 Å². The minimum Gasteiger partial charge on any atom is -0.487 e. The van der Waals surface area contributed by atoms with E-state index >= 15 is 0 Å². The number of hydrogen-bond donors (Lipinski definition) is 1. The first-order chi connectivity index (χ1) is 9.08. The summed E-state index contributed by atoms with van der Waals surface area (Å²) >= 11 is 0. The molecule has 20 heavy (non-hydrogen) atoms. The van der Waals surface area contributed by atoms with Crippen molar-refractivity contribution in [3.63, 3.8) is 0 Å². The van der Waals surface area contributed by atoms with Gasteiger partial charge in [-0.05, 0) is 54.9 Å². The van der Waals surface area contributed by atoms with Gasteiger partial charge in [0.1, 0.15) is 11.4 Å². The summed E-state index contributed by atoms with van der Waals surface area (Å²) in [4.78, 5) is 0. The molecular formula is C18H28O2. The van der Waals surface area contributed by atoms with Gasteiger partial charge in [-0.1, -0.05) is 33.8 Å². The molecule has 0 spiro atoms. The van der Waals surface area contributed by atoms with Crippen molar-refractivity contribution < 1.29 is 9.84 Å². The molecule has 0 saturated carbocycles. The fraction of sp³-hybridized carbons (Fsp3) is 0.667. The van der Waals surface area contributed by atoms with E-state index in [1.165, 1.54) is 5.56 Å². The maximum absolute atomic E-state index is 10.5. The Labute approximate surface area is 123 Å². The summed E-state index contributed by atoms with van der Waals surface area (Å²) in [6.45, 7) is 13.1. The molecule has 1 aliphatic heterocycles. The van der Waals surface area contributed by atoms with Crippen molar-refractivity contribution >= 4 is 0 Å². The Balaban J connectivity index is 2.12. The number of aliphatic hydroxyl groups excluding tert-OH is 1. The van der Waals surface area contributed by atoms with E-state index in [2.05, 4.69) is 47.6 Å². The molecule has 0 amide bonds. The summed E-state index contributed by atoms with van der Waals surface area (Å²) in [7, 11) is 0. The highest BCUT2D eigenvalue weighted by atomic mass is 16.5. The van der Waals surface area contributed by atoms with Crippen LogP contribution in [0.5, 0.6) is 5.75 Å². The first-order valence-corrected chi connectivity index (χ1v) is 7.58. The van der Waals surface area contributed by atoms with Crippen LogP contribution in [0.1, 0.15) is 65.2 Å². The van der Waals surface area contributed by atoms with Crippen molar-refractivity contribution in [2.24, 2.45) is 11.3 Å². The topological polar surface area (TPSA) is 29.5 Å². The maximum Gasteiger partial charge on any atom is 0.123 e. The second-order valence-electron chi connectivity index (χ2n) is 7.92. The maximum atomic E-state index is 10.5. The van der Waals surface area contributed by atoms with Gasteiger partial charge in [0.25, 0.3) is 0 Å². The van der Waals surface area contributed by atoms with Crippen LogP contribution in [-0.4, -0.2) is 10.7 Å². The lowest BCUT2D eigenvalue weighted by Crippen LogP contribution is -2.24. The molecule has 112 valence electrons. The molecule has 0 bridgehead atoms. The Morgan fingerprint density at radius 2 is 1.95 bits per heavy atom. The molecule has 0 fully saturated rings. The van der Waals surface area contributed by atoms with Crippen LogP contribution in [0.15, 0.2) is 18.2 Å². The second-order valence-corrected chi connectivity index (χ2v) is 7.92. The van der Waals surface area contributed by atoms with Gasteiger partial charge in [-0.2, -0.15) is 0 Å². The molecule has 0 saturated heterocycles. The Hall–Kier alpha value is -1.02. The number of ether oxygens (including phenoxy) is 1. The molecule has 1 heterocycles. The molecule has 2 heteroatoms. The van der Waals surface area contributed by atoms with E-state index in [0.717, 1.165) is 24.2 Å². The third kappa shape index (κ3) is 3.35. The van der Waals surface area contributed by atoms with Crippen LogP contribution in [0, 0.1) is 11.3 Å². The van der Waals surface area contributed by atoms with Gasteiger partial charge >= 0.3 is 0 Å². The number of rotatable bonds is 3. The molecule has 2 nitrogen and oxygen atoms in total. The molecule has 1 aliphatic rings. The third-order valence-corrected chi connectivity index (χ3v) is 4.53. The highest BCUT2D eigenvalue weighted by Gasteiger charge is 2.31. The van der Waals surface area contributed by atoms with Crippen molar-refractivity contribution in [1.29, 1.82) is 0 Å². The van der Waals surface area contributed by atoms with Crippen molar-refractivity contribution in [3.8, 4) is 5.75 Å². The van der Waals surface area contributed by atoms with Gasteiger partial charge in [0.15, 0.2) is 0 Å². The molecule has 0 radical (unpaired) electrons. The standard InChI is InChI=1S/C18H28O2/c1-12(17(2,3)4)9-15(19)13-7-8-16-14(10-13)11-18(5,6)20-16/h7-8,10,12,15,19H,9,11H2,1-6H3. The van der Waals surface area contributed by atoms with Gasteiger partial charge in [0.05, 0.1) is 6.10 Å². The first-order valence-electron chi connectivity index (χ1n) is 7.58. The highest BCUT2D eigenvalue weighted by Crippen LogP contribution is 2.38. The summed E-state index contributed by atoms with van der Waals surface area (Å²) < 4.78 is 5.88. The summed E-state index contributed by atoms with van der Waals surface area (Å²) in [5, 5.41) is 10.5. The quantitative estimate of drug-likeness (QED) is 0.880. The zero-order valence-corrected chi connectivity index (χ0v) is 13.7. The highest BCUT2D eigenvalue weighted by molar-refractivity contribution is 5.42. The normalized spacial score (nSPS) is 20.1. The van der Waals surface area contributed by atoms with Gasteiger partial charge in [0, 0.05) is 6.42 Å². The largest absolute Gasteiger partial charge is 0.487 e. The lowest BCUT2D eigenvalue weighted by atomic mass is 9.78. The average molecular weight is 276 g/mol. The summed E-state index contributed by atoms with van der Waals surface area (Å²) in [5.41, 5.74) is 2.34. The molecule has 2 unspecified atom stereocenters. The Morgan fingerprint density at radius 3 is 2.55 bits per heavy atom. The predicted molar refractivity (Wildman–Crippen MR) is 83.0 cm³/mol. The summed E-state index contributed by atoms with van der Waals surface area (Å²) in [5.74, 6) is 1.44. The molecule has 0 aliphatic carbocycles. The van der Waals surface area contributed by atoms with Gasteiger partial charge in [-0.25, -0.2) is 0 Å². The second kappa shape index (κ2) is 5.07. The van der Waals surface area contributed by atoms with Crippen LogP contribution < -0.4 is 4.74 Å². The van der Waals surface area contributed by atoms with Crippen LogP contribution >= 0.6 is 0 Å². The zero-order valence-electron chi connectivity index (χ0n) is 13.7. The molecule has 1 N–H and O–H groups in total. The smallest absolute Gasteiger partial charge is 0.123 e. The molecule has 0 aromatic heterocycles. The fourth-order valence-corrected chi connectivity index (χ4v) is 2.66. The van der Waals surface area contributed by atoms with Crippen LogP contribution in [0.3, 0.4) is 0 Å². The summed E-state index contributed by atoms with van der Waals surface area (Å²) in [6.07, 6.45) is 1.32. The van der Waals surface area contributed by atoms with Crippen LogP contribution in [0.25, 0.3) is 0 Å². The Kier molecular flexibility index (Phi) is 3.90. The number of fused-ring (bicyclic) bond motifs is 1. The SMILES string of the molecule is CC(CC(O)c1ccc2c(c1)CC(C)(C)O2)C(C)(C)C. The van der Waals surface area contributed by atoms with E-state index < -0.39 is 6.10 Å². The molecule has 2 rings (SSSR count). The van der Waals surface area contributed by atoms with Crippen LogP contribution in [0.4, 0.5) is 0 Å². The Morgan fingerprint density at radius 1 is 1.30 bits per heavy atom. The summed E-state index contributed by atoms with van der Waals surface area (Å²) in [6, 6.07) is 6.12. The monoisotopic (exact) mass is 276 g/mol. The van der Waals surface area contributed by atoms with Crippen LogP contribution in [-0.2, 0) is 6.42 Å². The van der Waals surface area contributed by atoms with Crippen molar-refractivity contribution in [2.45, 2.75) is 66.1 Å². The molecule has 2 atom stereocenters. The minimum atomic E-state index is -0.391. The average Bonchev–Trinajstić information content (AvgIpc) is 2.60.